The summed E-state index contributed by atoms with van der Waals surface area (Å²) < 4.78 is 5.76. The SMILES string of the molecule is CC(=O)N1CC[NH+](C[C@@H]2C(=O)O[C@@H]3CC4=CCC[C@@H](C)[C@@]4(C)[C@@H](O)[C@H]23)CC1. The Morgan fingerprint density at radius 1 is 1.41 bits per heavy atom. The van der Waals surface area contributed by atoms with Crippen molar-refractivity contribution >= 4 is 11.9 Å². The van der Waals surface area contributed by atoms with Gasteiger partial charge in [-0.05, 0) is 18.8 Å². The van der Waals surface area contributed by atoms with Crippen LogP contribution in [-0.4, -0.2) is 66.8 Å². The second-order valence-corrected chi connectivity index (χ2v) is 9.26. The van der Waals surface area contributed by atoms with E-state index in [9.17, 15) is 14.7 Å². The fourth-order valence-electron chi connectivity index (χ4n) is 5.95. The first-order chi connectivity index (χ1) is 12.8. The van der Waals surface area contributed by atoms with Crippen molar-refractivity contribution in [1.82, 2.24) is 4.90 Å². The van der Waals surface area contributed by atoms with Gasteiger partial charge in [-0.1, -0.05) is 25.5 Å². The lowest BCUT2D eigenvalue weighted by Crippen LogP contribution is -3.15. The first-order valence-corrected chi connectivity index (χ1v) is 10.5. The molecular formula is C21H33N2O4+. The molecule has 4 aliphatic rings. The van der Waals surface area contributed by atoms with Crippen molar-refractivity contribution in [1.29, 1.82) is 0 Å². The lowest BCUT2D eigenvalue weighted by atomic mass is 9.55. The number of carbonyl (C=O) groups excluding carboxylic acids is 2. The molecule has 0 radical (unpaired) electrons. The minimum atomic E-state index is -0.535. The van der Waals surface area contributed by atoms with E-state index in [1.54, 1.807) is 6.92 Å². The smallest absolute Gasteiger partial charge is 0.315 e. The Labute approximate surface area is 161 Å². The highest BCUT2D eigenvalue weighted by atomic mass is 16.6. The minimum absolute atomic E-state index is 0.112. The minimum Gasteiger partial charge on any atom is -0.461 e. The number of allylic oxidation sites excluding steroid dienone is 1. The molecule has 2 aliphatic carbocycles. The number of amides is 1. The summed E-state index contributed by atoms with van der Waals surface area (Å²) >= 11 is 0. The number of ether oxygens (including phenoxy) is 1. The highest BCUT2D eigenvalue weighted by molar-refractivity contribution is 5.76. The van der Waals surface area contributed by atoms with E-state index in [4.69, 9.17) is 4.74 Å². The molecule has 2 N–H and O–H groups in total. The standard InChI is InChI=1S/C21H32N2O4/c1-13-5-4-6-15-11-17-18(19(25)21(13,15)3)16(20(26)27-17)12-22-7-9-23(10-8-22)14(2)24/h6,13,16-19,25H,4-5,7-12H2,1-3H3/p+1/t13-,16+,17-,18-,19+,21-/m1/s1. The number of hydrogen-bond acceptors (Lipinski definition) is 4. The van der Waals surface area contributed by atoms with Crippen LogP contribution in [0.4, 0.5) is 0 Å². The largest absolute Gasteiger partial charge is 0.461 e. The van der Waals surface area contributed by atoms with E-state index in [-0.39, 0.29) is 35.2 Å². The topological polar surface area (TPSA) is 71.3 Å². The lowest BCUT2D eigenvalue weighted by molar-refractivity contribution is -0.906. The van der Waals surface area contributed by atoms with Crippen molar-refractivity contribution in [3.63, 3.8) is 0 Å². The van der Waals surface area contributed by atoms with Crippen LogP contribution in [-0.2, 0) is 14.3 Å². The summed E-state index contributed by atoms with van der Waals surface area (Å²) in [7, 11) is 0. The summed E-state index contributed by atoms with van der Waals surface area (Å²) in [6.07, 6.45) is 4.47. The molecule has 0 unspecified atom stereocenters. The highest BCUT2D eigenvalue weighted by Gasteiger charge is 2.60. The maximum absolute atomic E-state index is 12.7. The molecule has 6 nitrogen and oxygen atoms in total. The normalized spacial score (nSPS) is 42.2. The van der Waals surface area contributed by atoms with Crippen LogP contribution in [0.5, 0.6) is 0 Å². The van der Waals surface area contributed by atoms with E-state index in [2.05, 4.69) is 19.9 Å². The molecular weight excluding hydrogens is 344 g/mol. The molecule has 6 heteroatoms. The van der Waals surface area contributed by atoms with Gasteiger partial charge in [0.25, 0.3) is 0 Å². The Balaban J connectivity index is 1.50. The fraction of sp³-hybridized carbons (Fsp3) is 0.810. The van der Waals surface area contributed by atoms with Crippen LogP contribution >= 0.6 is 0 Å². The molecule has 6 atom stereocenters. The molecule has 150 valence electrons. The molecule has 2 heterocycles. The first kappa shape index (κ1) is 18.9. The van der Waals surface area contributed by atoms with Gasteiger partial charge in [0.2, 0.25) is 5.91 Å². The van der Waals surface area contributed by atoms with Crippen LogP contribution < -0.4 is 4.90 Å². The van der Waals surface area contributed by atoms with Gasteiger partial charge in [0.15, 0.2) is 0 Å². The third-order valence-electron chi connectivity index (χ3n) is 7.99. The molecule has 1 saturated carbocycles. The second kappa shape index (κ2) is 6.89. The summed E-state index contributed by atoms with van der Waals surface area (Å²) in [5.74, 6) is 0.0443. The summed E-state index contributed by atoms with van der Waals surface area (Å²) in [6.45, 7) is 9.92. The Kier molecular flexibility index (Phi) is 4.83. The molecule has 0 aromatic rings. The number of aliphatic hydroxyl groups excluding tert-OH is 1. The lowest BCUT2D eigenvalue weighted by Gasteiger charge is -2.51. The van der Waals surface area contributed by atoms with E-state index in [0.29, 0.717) is 12.5 Å². The predicted molar refractivity (Wildman–Crippen MR) is 99.9 cm³/mol. The van der Waals surface area contributed by atoms with Crippen LogP contribution in [0, 0.1) is 23.2 Å². The monoisotopic (exact) mass is 377 g/mol. The molecule has 1 amide bonds. The van der Waals surface area contributed by atoms with Crippen molar-refractivity contribution in [3.8, 4) is 0 Å². The van der Waals surface area contributed by atoms with E-state index >= 15 is 0 Å². The van der Waals surface area contributed by atoms with Crippen molar-refractivity contribution in [2.45, 2.75) is 52.2 Å². The number of quaternary nitrogens is 1. The maximum Gasteiger partial charge on any atom is 0.315 e. The van der Waals surface area contributed by atoms with Gasteiger partial charge in [-0.2, -0.15) is 0 Å². The van der Waals surface area contributed by atoms with Gasteiger partial charge in [0.1, 0.15) is 12.0 Å². The van der Waals surface area contributed by atoms with Gasteiger partial charge in [-0.15, -0.1) is 0 Å². The van der Waals surface area contributed by atoms with Crippen molar-refractivity contribution in [2.24, 2.45) is 23.2 Å². The predicted octanol–water partition coefficient (Wildman–Crippen LogP) is 0.0184. The van der Waals surface area contributed by atoms with E-state index in [1.165, 1.54) is 10.5 Å². The fourth-order valence-corrected chi connectivity index (χ4v) is 5.95. The van der Waals surface area contributed by atoms with Crippen LogP contribution in [0.1, 0.15) is 40.0 Å². The number of nitrogens with one attached hydrogen (secondary N) is 1. The van der Waals surface area contributed by atoms with Crippen molar-refractivity contribution in [2.75, 3.05) is 32.7 Å². The summed E-state index contributed by atoms with van der Waals surface area (Å²) in [4.78, 5) is 27.4. The van der Waals surface area contributed by atoms with Crippen LogP contribution in [0.25, 0.3) is 0 Å². The molecule has 4 rings (SSSR count). The van der Waals surface area contributed by atoms with Crippen molar-refractivity contribution in [3.05, 3.63) is 11.6 Å². The summed E-state index contributed by atoms with van der Waals surface area (Å²) in [5.41, 5.74) is 1.04. The summed E-state index contributed by atoms with van der Waals surface area (Å²) in [5, 5.41) is 11.4. The Morgan fingerprint density at radius 2 is 2.11 bits per heavy atom. The maximum atomic E-state index is 12.7. The van der Waals surface area contributed by atoms with Gasteiger partial charge in [0.05, 0.1) is 38.8 Å². The summed E-state index contributed by atoms with van der Waals surface area (Å²) in [6, 6.07) is 0. The van der Waals surface area contributed by atoms with E-state index in [0.717, 1.165) is 45.4 Å². The Hall–Kier alpha value is -1.40. The highest BCUT2D eigenvalue weighted by Crippen LogP contribution is 2.55. The quantitative estimate of drug-likeness (QED) is 0.526. The van der Waals surface area contributed by atoms with E-state index in [1.807, 2.05) is 4.90 Å². The van der Waals surface area contributed by atoms with Gasteiger partial charge < -0.3 is 19.6 Å². The number of hydrogen-bond donors (Lipinski definition) is 2. The number of nitrogens with zero attached hydrogens (tertiary/aromatic N) is 1. The van der Waals surface area contributed by atoms with E-state index < -0.39 is 6.10 Å². The average molecular weight is 378 g/mol. The average Bonchev–Trinajstić information content (AvgIpc) is 2.94. The number of aliphatic hydroxyl groups is 1. The number of fused-ring (bicyclic) bond motifs is 2. The van der Waals surface area contributed by atoms with Gasteiger partial charge in [-0.3, -0.25) is 9.59 Å². The van der Waals surface area contributed by atoms with Gasteiger partial charge >= 0.3 is 5.97 Å². The van der Waals surface area contributed by atoms with Crippen LogP contribution in [0.3, 0.4) is 0 Å². The molecule has 2 saturated heterocycles. The van der Waals surface area contributed by atoms with Crippen LogP contribution in [0.15, 0.2) is 11.6 Å². The third-order valence-corrected chi connectivity index (χ3v) is 7.99. The molecule has 0 aromatic heterocycles. The van der Waals surface area contributed by atoms with Gasteiger partial charge in [-0.25, -0.2) is 0 Å². The van der Waals surface area contributed by atoms with Crippen molar-refractivity contribution < 1.29 is 24.3 Å². The number of esters is 1. The zero-order chi connectivity index (χ0) is 19.3. The third kappa shape index (κ3) is 3.01. The molecule has 0 spiro atoms. The molecule has 0 aromatic carbocycles. The Bertz CT molecular complexity index is 655. The molecule has 27 heavy (non-hydrogen) atoms. The first-order valence-electron chi connectivity index (χ1n) is 10.5. The Morgan fingerprint density at radius 3 is 2.78 bits per heavy atom. The molecule has 2 aliphatic heterocycles. The zero-order valence-electron chi connectivity index (χ0n) is 16.7. The number of rotatable bonds is 2. The second-order valence-electron chi connectivity index (χ2n) is 9.26. The molecule has 3 fully saturated rings. The van der Waals surface area contributed by atoms with Gasteiger partial charge in [0, 0.05) is 24.7 Å². The number of piperazine rings is 1. The zero-order valence-corrected chi connectivity index (χ0v) is 16.7. The van der Waals surface area contributed by atoms with Crippen LogP contribution in [0.2, 0.25) is 0 Å². The molecule has 0 bridgehead atoms. The number of carbonyl (C=O) groups is 2.